The molecule has 2 aromatic carbocycles. The summed E-state index contributed by atoms with van der Waals surface area (Å²) in [5.41, 5.74) is 6.00. The number of nitrogens with zero attached hydrogens (tertiary/aromatic N) is 2. The molecule has 0 N–H and O–H groups in total. The Bertz CT molecular complexity index is 741. The van der Waals surface area contributed by atoms with Crippen molar-refractivity contribution in [2.45, 2.75) is 33.1 Å². The van der Waals surface area contributed by atoms with Crippen LogP contribution in [0.1, 0.15) is 30.9 Å². The fourth-order valence-electron chi connectivity index (χ4n) is 2.57. The molecule has 0 saturated carbocycles. The number of aromatic nitrogens is 2. The molecule has 0 aliphatic rings. The van der Waals surface area contributed by atoms with E-state index in [2.05, 4.69) is 72.3 Å². The van der Waals surface area contributed by atoms with Crippen LogP contribution in [0.4, 0.5) is 0 Å². The van der Waals surface area contributed by atoms with E-state index in [0.717, 1.165) is 17.8 Å². The van der Waals surface area contributed by atoms with Crippen LogP contribution in [0.25, 0.3) is 22.5 Å². The molecule has 1 heterocycles. The van der Waals surface area contributed by atoms with Crippen molar-refractivity contribution in [2.24, 2.45) is 0 Å². The van der Waals surface area contributed by atoms with Crippen molar-refractivity contribution >= 4 is 0 Å². The highest BCUT2D eigenvalue weighted by molar-refractivity contribution is 5.67. The molecule has 0 aliphatic carbocycles. The van der Waals surface area contributed by atoms with Crippen LogP contribution in [0.3, 0.4) is 0 Å². The van der Waals surface area contributed by atoms with E-state index in [1.54, 1.807) is 0 Å². The van der Waals surface area contributed by atoms with Gasteiger partial charge in [-0.25, -0.2) is 9.97 Å². The van der Waals surface area contributed by atoms with Gasteiger partial charge in [0.1, 0.15) is 0 Å². The Labute approximate surface area is 138 Å². The molecule has 0 bridgehead atoms. The Morgan fingerprint density at radius 1 is 0.739 bits per heavy atom. The second-order valence-corrected chi connectivity index (χ2v) is 5.96. The van der Waals surface area contributed by atoms with Gasteiger partial charge in [0.05, 0.1) is 0 Å². The molecule has 3 aromatic rings. The van der Waals surface area contributed by atoms with Gasteiger partial charge in [-0.3, -0.25) is 0 Å². The molecule has 0 amide bonds. The maximum atomic E-state index is 4.50. The molecule has 0 atom stereocenters. The molecule has 116 valence electrons. The van der Waals surface area contributed by atoms with Crippen LogP contribution in [0.2, 0.25) is 0 Å². The van der Waals surface area contributed by atoms with E-state index in [-0.39, 0.29) is 0 Å². The second kappa shape index (κ2) is 7.19. The predicted molar refractivity (Wildman–Crippen MR) is 96.3 cm³/mol. The lowest BCUT2D eigenvalue weighted by atomic mass is 10.0. The van der Waals surface area contributed by atoms with Crippen LogP contribution in [-0.2, 0) is 6.42 Å². The summed E-state index contributed by atoms with van der Waals surface area (Å²) in [5, 5.41) is 0. The monoisotopic (exact) mass is 302 g/mol. The van der Waals surface area contributed by atoms with Crippen LogP contribution in [0.5, 0.6) is 0 Å². The second-order valence-electron chi connectivity index (χ2n) is 5.96. The third-order valence-electron chi connectivity index (χ3n) is 4.05. The van der Waals surface area contributed by atoms with Gasteiger partial charge in [0, 0.05) is 18.0 Å². The highest BCUT2D eigenvalue weighted by Crippen LogP contribution is 2.23. The minimum absolute atomic E-state index is 0.792. The fourth-order valence-corrected chi connectivity index (χ4v) is 2.57. The van der Waals surface area contributed by atoms with Gasteiger partial charge in [0.25, 0.3) is 0 Å². The molecule has 1 aromatic heterocycles. The van der Waals surface area contributed by atoms with Gasteiger partial charge < -0.3 is 0 Å². The largest absolute Gasteiger partial charge is 0.236 e. The van der Waals surface area contributed by atoms with Crippen molar-refractivity contribution in [3.63, 3.8) is 0 Å². The average molecular weight is 302 g/mol. The Morgan fingerprint density at radius 2 is 1.26 bits per heavy atom. The van der Waals surface area contributed by atoms with E-state index in [1.165, 1.54) is 35.1 Å². The van der Waals surface area contributed by atoms with Crippen LogP contribution in [0, 0.1) is 6.92 Å². The SMILES string of the molecule is CCCCc1cnc(-c2ccc(-c3ccc(C)cc3)cc2)nc1. The molecular formula is C21H22N2. The Balaban J connectivity index is 1.77. The molecule has 0 spiro atoms. The number of benzene rings is 2. The minimum Gasteiger partial charge on any atom is -0.236 e. The lowest BCUT2D eigenvalue weighted by Gasteiger charge is -2.05. The first-order valence-corrected chi connectivity index (χ1v) is 8.24. The standard InChI is InChI=1S/C21H22N2/c1-3-4-5-17-14-22-21(23-15-17)20-12-10-19(11-13-20)18-8-6-16(2)7-9-18/h6-15H,3-5H2,1-2H3. The lowest BCUT2D eigenvalue weighted by Crippen LogP contribution is -1.93. The van der Waals surface area contributed by atoms with Crippen molar-refractivity contribution in [1.29, 1.82) is 0 Å². The first-order valence-electron chi connectivity index (χ1n) is 8.24. The number of rotatable bonds is 5. The van der Waals surface area contributed by atoms with Crippen molar-refractivity contribution < 1.29 is 0 Å². The molecule has 0 saturated heterocycles. The average Bonchev–Trinajstić information content (AvgIpc) is 2.61. The van der Waals surface area contributed by atoms with Gasteiger partial charge in [-0.2, -0.15) is 0 Å². The van der Waals surface area contributed by atoms with Crippen molar-refractivity contribution in [3.8, 4) is 22.5 Å². The summed E-state index contributed by atoms with van der Waals surface area (Å²) in [4.78, 5) is 9.01. The smallest absolute Gasteiger partial charge is 0.159 e. The van der Waals surface area contributed by atoms with E-state index in [1.807, 2.05) is 12.4 Å². The first-order chi connectivity index (χ1) is 11.3. The lowest BCUT2D eigenvalue weighted by molar-refractivity contribution is 0.788. The van der Waals surface area contributed by atoms with Crippen molar-refractivity contribution in [3.05, 3.63) is 72.1 Å². The van der Waals surface area contributed by atoms with Crippen molar-refractivity contribution in [1.82, 2.24) is 9.97 Å². The van der Waals surface area contributed by atoms with Gasteiger partial charge in [-0.15, -0.1) is 0 Å². The summed E-state index contributed by atoms with van der Waals surface area (Å²) in [6, 6.07) is 17.0. The number of unbranched alkanes of at least 4 members (excludes halogenated alkanes) is 1. The summed E-state index contributed by atoms with van der Waals surface area (Å²) in [6.07, 6.45) is 7.34. The van der Waals surface area contributed by atoms with Crippen LogP contribution >= 0.6 is 0 Å². The van der Waals surface area contributed by atoms with E-state index in [4.69, 9.17) is 0 Å². The molecular weight excluding hydrogens is 280 g/mol. The van der Waals surface area contributed by atoms with E-state index in [0.29, 0.717) is 0 Å². The fraction of sp³-hybridized carbons (Fsp3) is 0.238. The Kier molecular flexibility index (Phi) is 4.82. The molecule has 0 radical (unpaired) electrons. The number of hydrogen-bond acceptors (Lipinski definition) is 2. The molecule has 0 aliphatic heterocycles. The molecule has 0 unspecified atom stereocenters. The van der Waals surface area contributed by atoms with E-state index < -0.39 is 0 Å². The first kappa shape index (κ1) is 15.4. The summed E-state index contributed by atoms with van der Waals surface area (Å²) < 4.78 is 0. The summed E-state index contributed by atoms with van der Waals surface area (Å²) in [6.45, 7) is 4.30. The molecule has 23 heavy (non-hydrogen) atoms. The number of aryl methyl sites for hydroxylation is 2. The number of hydrogen-bond donors (Lipinski definition) is 0. The van der Waals surface area contributed by atoms with Crippen molar-refractivity contribution in [2.75, 3.05) is 0 Å². The van der Waals surface area contributed by atoms with Crippen LogP contribution in [0.15, 0.2) is 60.9 Å². The summed E-state index contributed by atoms with van der Waals surface area (Å²) >= 11 is 0. The normalized spacial score (nSPS) is 10.7. The molecule has 2 nitrogen and oxygen atoms in total. The topological polar surface area (TPSA) is 25.8 Å². The third kappa shape index (κ3) is 3.84. The zero-order chi connectivity index (χ0) is 16.1. The maximum Gasteiger partial charge on any atom is 0.159 e. The third-order valence-corrected chi connectivity index (χ3v) is 4.05. The van der Waals surface area contributed by atoms with Gasteiger partial charge in [0.2, 0.25) is 0 Å². The summed E-state index contributed by atoms with van der Waals surface area (Å²) in [7, 11) is 0. The van der Waals surface area contributed by atoms with Crippen LogP contribution in [-0.4, -0.2) is 9.97 Å². The zero-order valence-electron chi connectivity index (χ0n) is 13.8. The molecule has 2 heteroatoms. The maximum absolute atomic E-state index is 4.50. The molecule has 0 fully saturated rings. The summed E-state index contributed by atoms with van der Waals surface area (Å²) in [5.74, 6) is 0.792. The van der Waals surface area contributed by atoms with Gasteiger partial charge in [-0.05, 0) is 36.5 Å². The minimum atomic E-state index is 0.792. The predicted octanol–water partition coefficient (Wildman–Crippen LogP) is 5.46. The molecule has 3 rings (SSSR count). The highest BCUT2D eigenvalue weighted by atomic mass is 14.9. The quantitative estimate of drug-likeness (QED) is 0.625. The van der Waals surface area contributed by atoms with Crippen LogP contribution < -0.4 is 0 Å². The van der Waals surface area contributed by atoms with E-state index >= 15 is 0 Å². The van der Waals surface area contributed by atoms with E-state index in [9.17, 15) is 0 Å². The highest BCUT2D eigenvalue weighted by Gasteiger charge is 2.03. The van der Waals surface area contributed by atoms with Gasteiger partial charge in [-0.1, -0.05) is 67.4 Å². The zero-order valence-corrected chi connectivity index (χ0v) is 13.8. The van der Waals surface area contributed by atoms with Gasteiger partial charge >= 0.3 is 0 Å². The Hall–Kier alpha value is -2.48. The Morgan fingerprint density at radius 3 is 1.83 bits per heavy atom. The van der Waals surface area contributed by atoms with Gasteiger partial charge in [0.15, 0.2) is 5.82 Å².